The lowest BCUT2D eigenvalue weighted by molar-refractivity contribution is 0.0910. The van der Waals surface area contributed by atoms with Crippen molar-refractivity contribution in [2.45, 2.75) is 75.8 Å². The van der Waals surface area contributed by atoms with Crippen LogP contribution in [0.5, 0.6) is 5.75 Å². The predicted octanol–water partition coefficient (Wildman–Crippen LogP) is 3.57. The quantitative estimate of drug-likeness (QED) is 0.808. The zero-order chi connectivity index (χ0) is 20.3. The van der Waals surface area contributed by atoms with Gasteiger partial charge in [-0.2, -0.15) is 4.31 Å². The van der Waals surface area contributed by atoms with Crippen molar-refractivity contribution >= 4 is 15.9 Å². The molecule has 1 amide bonds. The average Bonchev–Trinajstić information content (AvgIpc) is 2.69. The van der Waals surface area contributed by atoms with E-state index < -0.39 is 10.0 Å². The fourth-order valence-electron chi connectivity index (χ4n) is 4.36. The summed E-state index contributed by atoms with van der Waals surface area (Å²) in [5, 5.41) is 3.10. The van der Waals surface area contributed by atoms with Gasteiger partial charge in [0.25, 0.3) is 5.91 Å². The van der Waals surface area contributed by atoms with Gasteiger partial charge < -0.3 is 10.1 Å². The summed E-state index contributed by atoms with van der Waals surface area (Å²) in [6.45, 7) is 4.60. The Balaban J connectivity index is 1.88. The zero-order valence-corrected chi connectivity index (χ0v) is 17.9. The van der Waals surface area contributed by atoms with Gasteiger partial charge in [-0.15, -0.1) is 0 Å². The van der Waals surface area contributed by atoms with Gasteiger partial charge in [-0.1, -0.05) is 26.2 Å². The lowest BCUT2D eigenvalue weighted by atomic mass is 9.86. The molecule has 1 N–H and O–H groups in total. The minimum absolute atomic E-state index is 0.0518. The standard InChI is InChI=1S/C21H32N2O4S/c1-15-8-4-5-10-18(15)22-21(24)17-11-12-19(27-3)20(14-17)28(25,26)23-13-7-6-9-16(23)2/h11-12,14-16,18H,4-10,13H2,1-3H3,(H,22,24)/t15-,16-,18-/m0/s1. The van der Waals surface area contributed by atoms with E-state index in [2.05, 4.69) is 12.2 Å². The van der Waals surface area contributed by atoms with E-state index in [1.165, 1.54) is 19.6 Å². The van der Waals surface area contributed by atoms with Gasteiger partial charge in [-0.3, -0.25) is 4.79 Å². The number of ether oxygens (including phenoxy) is 1. The van der Waals surface area contributed by atoms with Crippen LogP contribution in [0.2, 0.25) is 0 Å². The molecule has 3 atom stereocenters. The van der Waals surface area contributed by atoms with Gasteiger partial charge in [0.2, 0.25) is 10.0 Å². The number of methoxy groups -OCH3 is 1. The van der Waals surface area contributed by atoms with Gasteiger partial charge in [0.1, 0.15) is 10.6 Å². The molecule has 0 spiro atoms. The first-order valence-electron chi connectivity index (χ1n) is 10.4. The molecule has 1 saturated heterocycles. The molecule has 1 heterocycles. The maximum absolute atomic E-state index is 13.3. The van der Waals surface area contributed by atoms with Crippen LogP contribution in [0, 0.1) is 5.92 Å². The van der Waals surface area contributed by atoms with Crippen molar-refractivity contribution in [1.29, 1.82) is 0 Å². The molecule has 2 fully saturated rings. The molecule has 0 radical (unpaired) electrons. The Morgan fingerprint density at radius 3 is 2.50 bits per heavy atom. The first-order valence-corrected chi connectivity index (χ1v) is 11.8. The highest BCUT2D eigenvalue weighted by Gasteiger charge is 2.34. The molecule has 156 valence electrons. The van der Waals surface area contributed by atoms with E-state index in [1.807, 2.05) is 6.92 Å². The monoisotopic (exact) mass is 408 g/mol. The van der Waals surface area contributed by atoms with Gasteiger partial charge in [-0.25, -0.2) is 8.42 Å². The van der Waals surface area contributed by atoms with E-state index in [1.54, 1.807) is 16.4 Å². The van der Waals surface area contributed by atoms with Crippen molar-refractivity contribution in [2.75, 3.05) is 13.7 Å². The van der Waals surface area contributed by atoms with Crippen LogP contribution in [-0.4, -0.2) is 44.4 Å². The first-order chi connectivity index (χ1) is 13.3. The van der Waals surface area contributed by atoms with E-state index in [9.17, 15) is 13.2 Å². The van der Waals surface area contributed by atoms with Gasteiger partial charge in [-0.05, 0) is 56.7 Å². The van der Waals surface area contributed by atoms with Crippen molar-refractivity contribution in [1.82, 2.24) is 9.62 Å². The number of sulfonamides is 1. The molecule has 0 unspecified atom stereocenters. The Hall–Kier alpha value is -1.60. The maximum atomic E-state index is 13.3. The lowest BCUT2D eigenvalue weighted by Gasteiger charge is -2.32. The van der Waals surface area contributed by atoms with Crippen LogP contribution in [0.4, 0.5) is 0 Å². The number of carbonyl (C=O) groups excluding carboxylic acids is 1. The summed E-state index contributed by atoms with van der Waals surface area (Å²) in [5.41, 5.74) is 0.363. The summed E-state index contributed by atoms with van der Waals surface area (Å²) < 4.78 is 33.5. The molecular weight excluding hydrogens is 376 g/mol. The highest BCUT2D eigenvalue weighted by molar-refractivity contribution is 7.89. The van der Waals surface area contributed by atoms with Crippen LogP contribution in [0.25, 0.3) is 0 Å². The van der Waals surface area contributed by atoms with Gasteiger partial charge in [0.05, 0.1) is 7.11 Å². The molecule has 3 rings (SSSR count). The Bertz CT molecular complexity index is 809. The van der Waals surface area contributed by atoms with Crippen molar-refractivity contribution in [2.24, 2.45) is 5.92 Å². The maximum Gasteiger partial charge on any atom is 0.251 e. The minimum atomic E-state index is -3.73. The number of nitrogens with zero attached hydrogens (tertiary/aromatic N) is 1. The molecule has 28 heavy (non-hydrogen) atoms. The summed E-state index contributed by atoms with van der Waals surface area (Å²) in [5.74, 6) is 0.498. The summed E-state index contributed by atoms with van der Waals surface area (Å²) in [6.07, 6.45) is 7.13. The second kappa shape index (κ2) is 8.82. The molecule has 7 heteroatoms. The third-order valence-electron chi connectivity index (χ3n) is 6.18. The Morgan fingerprint density at radius 1 is 1.11 bits per heavy atom. The molecule has 2 aliphatic rings. The molecule has 0 aromatic heterocycles. The number of hydrogen-bond donors (Lipinski definition) is 1. The second-order valence-corrected chi connectivity index (χ2v) is 10.0. The molecule has 1 aliphatic heterocycles. The summed E-state index contributed by atoms with van der Waals surface area (Å²) >= 11 is 0. The van der Waals surface area contributed by atoms with Crippen LogP contribution in [-0.2, 0) is 10.0 Å². The Kier molecular flexibility index (Phi) is 6.65. The van der Waals surface area contributed by atoms with Gasteiger partial charge in [0, 0.05) is 24.2 Å². The van der Waals surface area contributed by atoms with Crippen LogP contribution in [0.1, 0.15) is 69.2 Å². The molecule has 6 nitrogen and oxygen atoms in total. The molecular formula is C21H32N2O4S. The number of nitrogens with one attached hydrogen (secondary N) is 1. The molecule has 0 bridgehead atoms. The first kappa shape index (κ1) is 21.1. The number of hydrogen-bond acceptors (Lipinski definition) is 4. The number of piperidine rings is 1. The normalized spacial score (nSPS) is 26.6. The second-order valence-electron chi connectivity index (χ2n) is 8.17. The highest BCUT2D eigenvalue weighted by atomic mass is 32.2. The lowest BCUT2D eigenvalue weighted by Crippen LogP contribution is -2.42. The van der Waals surface area contributed by atoms with E-state index in [-0.39, 0.29) is 28.6 Å². The predicted molar refractivity (Wildman–Crippen MR) is 109 cm³/mol. The van der Waals surface area contributed by atoms with Gasteiger partial charge >= 0.3 is 0 Å². The fourth-order valence-corrected chi connectivity index (χ4v) is 6.24. The largest absolute Gasteiger partial charge is 0.495 e. The van der Waals surface area contributed by atoms with E-state index >= 15 is 0 Å². The minimum Gasteiger partial charge on any atom is -0.495 e. The van der Waals surface area contributed by atoms with Crippen molar-refractivity contribution in [3.8, 4) is 5.75 Å². The van der Waals surface area contributed by atoms with Crippen molar-refractivity contribution in [3.05, 3.63) is 23.8 Å². The highest BCUT2D eigenvalue weighted by Crippen LogP contribution is 2.32. The van der Waals surface area contributed by atoms with Crippen LogP contribution in [0.15, 0.2) is 23.1 Å². The number of amides is 1. The average molecular weight is 409 g/mol. The van der Waals surface area contributed by atoms with Crippen molar-refractivity contribution < 1.29 is 17.9 Å². The zero-order valence-electron chi connectivity index (χ0n) is 17.1. The Labute approximate surface area is 168 Å². The smallest absolute Gasteiger partial charge is 0.251 e. The molecule has 1 aliphatic carbocycles. The number of rotatable bonds is 5. The summed E-state index contributed by atoms with van der Waals surface area (Å²) in [7, 11) is -2.27. The van der Waals surface area contributed by atoms with Crippen LogP contribution < -0.4 is 10.1 Å². The summed E-state index contributed by atoms with van der Waals surface area (Å²) in [4.78, 5) is 12.9. The third-order valence-corrected chi connectivity index (χ3v) is 8.22. The fraction of sp³-hybridized carbons (Fsp3) is 0.667. The molecule has 1 aromatic carbocycles. The SMILES string of the molecule is COc1ccc(C(=O)N[C@H]2CCCC[C@@H]2C)cc1S(=O)(=O)N1CCCC[C@@H]1C. The topological polar surface area (TPSA) is 75.7 Å². The van der Waals surface area contributed by atoms with Crippen LogP contribution >= 0.6 is 0 Å². The molecule has 1 saturated carbocycles. The van der Waals surface area contributed by atoms with Crippen LogP contribution in [0.3, 0.4) is 0 Å². The van der Waals surface area contributed by atoms with Gasteiger partial charge in [0.15, 0.2) is 0 Å². The van der Waals surface area contributed by atoms with E-state index in [4.69, 9.17) is 4.74 Å². The molecule has 1 aromatic rings. The van der Waals surface area contributed by atoms with Crippen molar-refractivity contribution in [3.63, 3.8) is 0 Å². The number of carbonyl (C=O) groups is 1. The Morgan fingerprint density at radius 2 is 1.82 bits per heavy atom. The number of benzene rings is 1. The van der Waals surface area contributed by atoms with E-state index in [0.29, 0.717) is 18.0 Å². The summed E-state index contributed by atoms with van der Waals surface area (Å²) in [6, 6.07) is 4.79. The van der Waals surface area contributed by atoms with E-state index in [0.717, 1.165) is 38.5 Å². The third kappa shape index (κ3) is 4.35.